The maximum absolute atomic E-state index is 4.20. The molecule has 16 heavy (non-hydrogen) atoms. The van der Waals surface area contributed by atoms with Gasteiger partial charge in [0.25, 0.3) is 0 Å². The summed E-state index contributed by atoms with van der Waals surface area (Å²) in [4.78, 5) is 8.39. The third-order valence-electron chi connectivity index (χ3n) is 1.93. The number of hydrogen-bond acceptors (Lipinski definition) is 2. The lowest BCUT2D eigenvalue weighted by Crippen LogP contribution is -1.90. The minimum absolute atomic E-state index is 0.839. The number of nitrogens with zero attached hydrogens (tertiary/aromatic N) is 2. The van der Waals surface area contributed by atoms with Crippen molar-refractivity contribution in [1.82, 2.24) is 9.97 Å². The molecule has 0 aliphatic rings. The van der Waals surface area contributed by atoms with Crippen molar-refractivity contribution in [2.24, 2.45) is 0 Å². The van der Waals surface area contributed by atoms with Gasteiger partial charge in [0.1, 0.15) is 9.21 Å². The van der Waals surface area contributed by atoms with Gasteiger partial charge in [-0.3, -0.25) is 0 Å². The molecule has 2 nitrogen and oxygen atoms in total. The Balaban J connectivity index is 2.66. The van der Waals surface area contributed by atoms with E-state index < -0.39 is 0 Å². The molecule has 2 aromatic rings. The molecule has 0 amide bonds. The highest BCUT2D eigenvalue weighted by Crippen LogP contribution is 2.31. The van der Waals surface area contributed by atoms with Crippen LogP contribution in [0.4, 0.5) is 0 Å². The fraction of sp³-hybridized carbons (Fsp3) is 0. The predicted molar refractivity (Wildman–Crippen MR) is 88.3 cm³/mol. The maximum atomic E-state index is 4.20. The van der Waals surface area contributed by atoms with Gasteiger partial charge >= 0.3 is 0 Å². The first-order valence-electron chi connectivity index (χ1n) is 4.20. The molecule has 0 aliphatic heterocycles. The molecule has 0 bridgehead atoms. The molecule has 82 valence electrons. The van der Waals surface area contributed by atoms with E-state index in [1.54, 1.807) is 0 Å². The Morgan fingerprint density at radius 1 is 0.812 bits per heavy atom. The molecule has 0 saturated heterocycles. The van der Waals surface area contributed by atoms with E-state index in [2.05, 4.69) is 87.0 Å². The van der Waals surface area contributed by atoms with Crippen molar-refractivity contribution in [3.8, 4) is 11.1 Å². The molecular weight excluding hydrogens is 562 g/mol. The van der Waals surface area contributed by atoms with E-state index in [1.165, 1.54) is 0 Å². The summed E-state index contributed by atoms with van der Waals surface area (Å²) in [5.41, 5.74) is 2.32. The molecule has 0 fully saturated rings. The van der Waals surface area contributed by atoms with Crippen molar-refractivity contribution < 1.29 is 0 Å². The predicted octanol–water partition coefficient (Wildman–Crippen LogP) is 4.88. The molecule has 2 heterocycles. The molecule has 0 aliphatic carbocycles. The minimum atomic E-state index is 0.839. The molecular formula is C10H4Br2I2N2. The van der Waals surface area contributed by atoms with Crippen LogP contribution in [0.5, 0.6) is 0 Å². The molecule has 0 saturated carbocycles. The van der Waals surface area contributed by atoms with Crippen molar-refractivity contribution in [2.75, 3.05) is 0 Å². The van der Waals surface area contributed by atoms with Crippen molar-refractivity contribution >= 4 is 77.0 Å². The summed E-state index contributed by atoms with van der Waals surface area (Å²) in [6, 6.07) is 4.04. The van der Waals surface area contributed by atoms with E-state index in [0.717, 1.165) is 27.5 Å². The van der Waals surface area contributed by atoms with Crippen LogP contribution < -0.4 is 0 Å². The Bertz CT molecular complexity index is 497. The monoisotopic (exact) mass is 564 g/mol. The van der Waals surface area contributed by atoms with Crippen LogP contribution in [0, 0.1) is 7.14 Å². The smallest absolute Gasteiger partial charge is 0.106 e. The van der Waals surface area contributed by atoms with Gasteiger partial charge in [-0.05, 0) is 89.2 Å². The zero-order valence-corrected chi connectivity index (χ0v) is 15.2. The van der Waals surface area contributed by atoms with E-state index in [4.69, 9.17) is 0 Å². The molecule has 0 radical (unpaired) electrons. The first-order valence-corrected chi connectivity index (χ1v) is 7.95. The van der Waals surface area contributed by atoms with Crippen molar-refractivity contribution in [2.45, 2.75) is 0 Å². The lowest BCUT2D eigenvalue weighted by Gasteiger charge is -2.07. The number of aromatic nitrogens is 2. The molecule has 0 aromatic carbocycles. The van der Waals surface area contributed by atoms with Crippen LogP contribution in [0.15, 0.2) is 33.7 Å². The lowest BCUT2D eigenvalue weighted by atomic mass is 10.1. The fourth-order valence-electron chi connectivity index (χ4n) is 1.24. The molecule has 0 spiro atoms. The summed E-state index contributed by atoms with van der Waals surface area (Å²) in [5, 5.41) is 0. The summed E-state index contributed by atoms with van der Waals surface area (Å²) < 4.78 is 3.92. The van der Waals surface area contributed by atoms with Crippen LogP contribution in [0.3, 0.4) is 0 Å². The first kappa shape index (κ1) is 13.2. The lowest BCUT2D eigenvalue weighted by molar-refractivity contribution is 1.23. The van der Waals surface area contributed by atoms with Gasteiger partial charge in [0.05, 0.1) is 0 Å². The fourth-order valence-corrected chi connectivity index (χ4v) is 3.07. The summed E-state index contributed by atoms with van der Waals surface area (Å²) in [6.07, 6.45) is 3.70. The van der Waals surface area contributed by atoms with Gasteiger partial charge in [-0.1, -0.05) is 0 Å². The zero-order chi connectivity index (χ0) is 11.7. The summed E-state index contributed by atoms with van der Waals surface area (Å²) in [7, 11) is 0. The van der Waals surface area contributed by atoms with E-state index in [1.807, 2.05) is 24.5 Å². The quantitative estimate of drug-likeness (QED) is 0.364. The summed E-state index contributed by atoms with van der Waals surface area (Å²) in [6.45, 7) is 0. The van der Waals surface area contributed by atoms with Crippen molar-refractivity contribution in [3.63, 3.8) is 0 Å². The second-order valence-corrected chi connectivity index (χ2v) is 6.92. The first-order chi connectivity index (χ1) is 7.58. The van der Waals surface area contributed by atoms with Crippen LogP contribution in [0.1, 0.15) is 0 Å². The highest BCUT2D eigenvalue weighted by molar-refractivity contribution is 14.1. The van der Waals surface area contributed by atoms with Gasteiger partial charge in [0.15, 0.2) is 0 Å². The maximum Gasteiger partial charge on any atom is 0.106 e. The number of pyridine rings is 2. The second kappa shape index (κ2) is 5.57. The third-order valence-corrected chi connectivity index (χ3v) is 4.52. The molecule has 2 aromatic heterocycles. The van der Waals surface area contributed by atoms with E-state index >= 15 is 0 Å². The molecule has 6 heteroatoms. The Morgan fingerprint density at radius 2 is 1.19 bits per heavy atom. The van der Waals surface area contributed by atoms with Gasteiger partial charge in [0, 0.05) is 30.7 Å². The van der Waals surface area contributed by atoms with Gasteiger partial charge in [-0.2, -0.15) is 0 Å². The summed E-state index contributed by atoms with van der Waals surface area (Å²) in [5.74, 6) is 0. The number of halogens is 4. The Morgan fingerprint density at radius 3 is 1.56 bits per heavy atom. The Hall–Kier alpha value is 0.720. The molecule has 0 unspecified atom stereocenters. The minimum Gasteiger partial charge on any atom is -0.248 e. The van der Waals surface area contributed by atoms with Crippen molar-refractivity contribution in [3.05, 3.63) is 40.9 Å². The molecule has 2 rings (SSSR count). The van der Waals surface area contributed by atoms with Gasteiger partial charge < -0.3 is 0 Å². The van der Waals surface area contributed by atoms with Crippen LogP contribution >= 0.6 is 77.0 Å². The second-order valence-electron chi connectivity index (χ2n) is 2.97. The highest BCUT2D eigenvalue weighted by atomic mass is 127. The van der Waals surface area contributed by atoms with E-state index in [9.17, 15) is 0 Å². The van der Waals surface area contributed by atoms with Gasteiger partial charge in [-0.25, -0.2) is 9.97 Å². The van der Waals surface area contributed by atoms with E-state index in [-0.39, 0.29) is 0 Å². The van der Waals surface area contributed by atoms with Gasteiger partial charge in [-0.15, -0.1) is 0 Å². The average Bonchev–Trinajstić information content (AvgIpc) is 2.25. The Labute approximate surface area is 137 Å². The topological polar surface area (TPSA) is 25.8 Å². The molecule has 0 N–H and O–H groups in total. The number of rotatable bonds is 1. The highest BCUT2D eigenvalue weighted by Gasteiger charge is 2.09. The van der Waals surface area contributed by atoms with Crippen LogP contribution in [-0.4, -0.2) is 9.97 Å². The van der Waals surface area contributed by atoms with Crippen LogP contribution in [0.2, 0.25) is 0 Å². The number of hydrogen-bond donors (Lipinski definition) is 0. The van der Waals surface area contributed by atoms with E-state index in [0.29, 0.717) is 0 Å². The normalized spacial score (nSPS) is 10.5. The Kier molecular flexibility index (Phi) is 4.58. The average molecular weight is 566 g/mol. The third kappa shape index (κ3) is 2.94. The standard InChI is InChI=1S/C10H4Br2I2N2/c11-9-1-5(7(13)3-15-9)6-2-10(12)16-4-8(6)14/h1-4H. The van der Waals surface area contributed by atoms with Crippen LogP contribution in [-0.2, 0) is 0 Å². The van der Waals surface area contributed by atoms with Crippen LogP contribution in [0.25, 0.3) is 11.1 Å². The van der Waals surface area contributed by atoms with Gasteiger partial charge in [0.2, 0.25) is 0 Å². The summed E-state index contributed by atoms with van der Waals surface area (Å²) >= 11 is 11.4. The molecule has 0 atom stereocenters. The largest absolute Gasteiger partial charge is 0.248 e. The zero-order valence-electron chi connectivity index (χ0n) is 7.72. The van der Waals surface area contributed by atoms with Crippen molar-refractivity contribution in [1.29, 1.82) is 0 Å². The SMILES string of the molecule is Brc1cc(-c2cc(Br)ncc2I)c(I)cn1.